The first kappa shape index (κ1) is 19.9. The van der Waals surface area contributed by atoms with Crippen LogP contribution in [0, 0.1) is 0 Å². The number of hydrogen-bond donors (Lipinski definition) is 2. The van der Waals surface area contributed by atoms with Crippen molar-refractivity contribution in [3.8, 4) is 0 Å². The lowest BCUT2D eigenvalue weighted by Gasteiger charge is -2.26. The van der Waals surface area contributed by atoms with Gasteiger partial charge in [0.15, 0.2) is 0 Å². The number of rotatable bonds is 4. The zero-order valence-corrected chi connectivity index (χ0v) is 15.5. The van der Waals surface area contributed by atoms with Gasteiger partial charge in [0.25, 0.3) is 5.91 Å². The van der Waals surface area contributed by atoms with Crippen LogP contribution < -0.4 is 5.32 Å². The molecule has 0 aromatic heterocycles. The maximum absolute atomic E-state index is 13.3. The van der Waals surface area contributed by atoms with E-state index in [4.69, 9.17) is 4.74 Å². The monoisotopic (exact) mass is 364 g/mol. The molecule has 1 aromatic carbocycles. The summed E-state index contributed by atoms with van der Waals surface area (Å²) in [5.41, 5.74) is 1.21. The van der Waals surface area contributed by atoms with E-state index in [1.165, 1.54) is 0 Å². The highest BCUT2D eigenvalue weighted by atomic mass is 19.1. The van der Waals surface area contributed by atoms with Crippen molar-refractivity contribution >= 4 is 12.0 Å². The fraction of sp³-hybridized carbons (Fsp3) is 0.474. The Hall–Kier alpha value is -2.41. The summed E-state index contributed by atoms with van der Waals surface area (Å²) in [6, 6.07) is 4.95. The van der Waals surface area contributed by atoms with Gasteiger partial charge in [-0.25, -0.2) is 9.18 Å². The van der Waals surface area contributed by atoms with Crippen molar-refractivity contribution in [3.63, 3.8) is 0 Å². The number of carbonyl (C=O) groups is 2. The summed E-state index contributed by atoms with van der Waals surface area (Å²) in [4.78, 5) is 25.4. The zero-order valence-electron chi connectivity index (χ0n) is 15.5. The van der Waals surface area contributed by atoms with Crippen LogP contribution >= 0.6 is 0 Å². The first-order valence-electron chi connectivity index (χ1n) is 8.44. The molecule has 1 aliphatic heterocycles. The number of amides is 2. The molecule has 142 valence electrons. The number of benzene rings is 1. The van der Waals surface area contributed by atoms with Crippen LogP contribution in [0.4, 0.5) is 9.18 Å². The van der Waals surface area contributed by atoms with Crippen LogP contribution in [0.2, 0.25) is 0 Å². The Morgan fingerprint density at radius 1 is 1.46 bits per heavy atom. The maximum Gasteiger partial charge on any atom is 0.407 e. The fourth-order valence-electron chi connectivity index (χ4n) is 2.69. The van der Waals surface area contributed by atoms with Crippen LogP contribution in [0.5, 0.6) is 0 Å². The van der Waals surface area contributed by atoms with E-state index in [1.807, 2.05) is 0 Å². The molecule has 2 rings (SSSR count). The molecule has 1 aromatic rings. The van der Waals surface area contributed by atoms with Crippen molar-refractivity contribution in [3.05, 3.63) is 46.8 Å². The molecule has 1 unspecified atom stereocenters. The molecule has 0 aliphatic carbocycles. The first-order valence-corrected chi connectivity index (χ1v) is 8.44. The number of aliphatic hydroxyl groups excluding tert-OH is 1. The van der Waals surface area contributed by atoms with E-state index in [1.54, 1.807) is 50.9 Å². The van der Waals surface area contributed by atoms with Crippen molar-refractivity contribution in [1.82, 2.24) is 10.2 Å². The van der Waals surface area contributed by atoms with Gasteiger partial charge in [-0.3, -0.25) is 4.79 Å². The summed E-state index contributed by atoms with van der Waals surface area (Å²) in [5.74, 6) is -0.0693. The van der Waals surface area contributed by atoms with Gasteiger partial charge in [0.05, 0.1) is 6.33 Å². The van der Waals surface area contributed by atoms with E-state index < -0.39 is 17.8 Å². The van der Waals surface area contributed by atoms with Gasteiger partial charge in [-0.15, -0.1) is 0 Å². The lowest BCUT2D eigenvalue weighted by molar-refractivity contribution is 0.0529. The van der Waals surface area contributed by atoms with Gasteiger partial charge in [-0.2, -0.15) is 0 Å². The van der Waals surface area contributed by atoms with Crippen molar-refractivity contribution in [1.29, 1.82) is 0 Å². The molecule has 0 saturated carbocycles. The number of nitrogens with zero attached hydrogens (tertiary/aromatic N) is 1. The molecule has 1 aliphatic rings. The smallest absolute Gasteiger partial charge is 0.407 e. The summed E-state index contributed by atoms with van der Waals surface area (Å²) in [5, 5.41) is 12.9. The minimum atomic E-state index is -1.23. The van der Waals surface area contributed by atoms with Crippen LogP contribution in [0.3, 0.4) is 0 Å². The number of alkyl carbamates (subject to hydrolysis) is 1. The number of carbonyl (C=O) groups excluding carboxylic acids is 2. The molecule has 2 N–H and O–H groups in total. The first-order chi connectivity index (χ1) is 12.1. The largest absolute Gasteiger partial charge is 0.444 e. The summed E-state index contributed by atoms with van der Waals surface area (Å²) in [7, 11) is 1.74. The predicted octanol–water partition coefficient (Wildman–Crippen LogP) is 2.73. The van der Waals surface area contributed by atoms with Crippen LogP contribution in [-0.4, -0.2) is 47.7 Å². The normalized spacial score (nSPS) is 16.2. The summed E-state index contributed by atoms with van der Waals surface area (Å²) in [6.45, 7) is 5.57. The standard InChI is InChI=1S/C19H25FN2O4/c1-19(2,3)26-18(25)21-11-14(10-20)16(23)13-5-6-15-12(9-13)7-8-22(4)17(15)24/h5-6,9-10,16,23H,7-8,11H2,1-4H3,(H,21,25)/b14-10+. The van der Waals surface area contributed by atoms with E-state index in [9.17, 15) is 19.1 Å². The quantitative estimate of drug-likeness (QED) is 0.861. The Balaban J connectivity index is 2.08. The SMILES string of the molecule is CN1CCc2cc(C(O)/C(=C/F)CNC(=O)OC(C)(C)C)ccc2C1=O. The lowest BCUT2D eigenvalue weighted by atomic mass is 9.93. The second-order valence-electron chi connectivity index (χ2n) is 7.34. The highest BCUT2D eigenvalue weighted by molar-refractivity contribution is 5.96. The molecule has 0 spiro atoms. The van der Waals surface area contributed by atoms with E-state index >= 15 is 0 Å². The number of ether oxygens (including phenoxy) is 1. The molecule has 26 heavy (non-hydrogen) atoms. The minimum absolute atomic E-state index is 0.00457. The van der Waals surface area contributed by atoms with Crippen molar-refractivity contribution in [2.75, 3.05) is 20.1 Å². The number of fused-ring (bicyclic) bond motifs is 1. The van der Waals surface area contributed by atoms with Gasteiger partial charge in [-0.05, 0) is 44.4 Å². The summed E-state index contributed by atoms with van der Waals surface area (Å²) in [6.07, 6.45) is -0.971. The van der Waals surface area contributed by atoms with Gasteiger partial charge in [-0.1, -0.05) is 12.1 Å². The molecule has 0 saturated heterocycles. The predicted molar refractivity (Wildman–Crippen MR) is 95.5 cm³/mol. The Labute approximate surface area is 152 Å². The van der Waals surface area contributed by atoms with Gasteiger partial charge in [0, 0.05) is 31.3 Å². The average Bonchev–Trinajstić information content (AvgIpc) is 2.56. The van der Waals surface area contributed by atoms with Gasteiger partial charge < -0.3 is 20.1 Å². The molecule has 0 bridgehead atoms. The van der Waals surface area contributed by atoms with Crippen molar-refractivity contribution in [2.24, 2.45) is 0 Å². The van der Waals surface area contributed by atoms with E-state index in [0.717, 1.165) is 5.56 Å². The average molecular weight is 364 g/mol. The third-order valence-electron chi connectivity index (χ3n) is 4.07. The molecule has 1 atom stereocenters. The van der Waals surface area contributed by atoms with Crippen LogP contribution in [0.25, 0.3) is 0 Å². The number of likely N-dealkylation sites (N-methyl/N-ethyl adjacent to an activating group) is 1. The van der Waals surface area contributed by atoms with Gasteiger partial charge in [0.1, 0.15) is 11.7 Å². The van der Waals surface area contributed by atoms with Gasteiger partial charge >= 0.3 is 6.09 Å². The summed E-state index contributed by atoms with van der Waals surface area (Å²) < 4.78 is 18.4. The van der Waals surface area contributed by atoms with Crippen molar-refractivity contribution < 1.29 is 23.8 Å². The highest BCUT2D eigenvalue weighted by Crippen LogP contribution is 2.26. The van der Waals surface area contributed by atoms with E-state index in [0.29, 0.717) is 24.1 Å². The Morgan fingerprint density at radius 3 is 2.77 bits per heavy atom. The summed E-state index contributed by atoms with van der Waals surface area (Å²) >= 11 is 0. The van der Waals surface area contributed by atoms with E-state index in [-0.39, 0.29) is 24.4 Å². The number of halogens is 1. The fourth-order valence-corrected chi connectivity index (χ4v) is 2.69. The lowest BCUT2D eigenvalue weighted by Crippen LogP contribution is -2.34. The molecular weight excluding hydrogens is 339 g/mol. The Bertz CT molecular complexity index is 725. The van der Waals surface area contributed by atoms with Crippen molar-refractivity contribution in [2.45, 2.75) is 38.9 Å². The third-order valence-corrected chi connectivity index (χ3v) is 4.07. The third kappa shape index (κ3) is 4.82. The number of aliphatic hydroxyl groups is 1. The molecule has 6 nitrogen and oxygen atoms in total. The van der Waals surface area contributed by atoms with Gasteiger partial charge in [0.2, 0.25) is 0 Å². The Morgan fingerprint density at radius 2 is 2.15 bits per heavy atom. The Kier molecular flexibility index (Phi) is 6.02. The highest BCUT2D eigenvalue weighted by Gasteiger charge is 2.24. The van der Waals surface area contributed by atoms with Crippen LogP contribution in [0.15, 0.2) is 30.1 Å². The maximum atomic E-state index is 13.3. The number of hydrogen-bond acceptors (Lipinski definition) is 4. The molecular formula is C19H25FN2O4. The molecule has 2 amide bonds. The molecule has 0 radical (unpaired) electrons. The van der Waals surface area contributed by atoms with Crippen LogP contribution in [-0.2, 0) is 11.2 Å². The van der Waals surface area contributed by atoms with Crippen LogP contribution in [0.1, 0.15) is 48.4 Å². The second-order valence-corrected chi connectivity index (χ2v) is 7.34. The molecule has 7 heteroatoms. The zero-order chi connectivity index (χ0) is 19.5. The topological polar surface area (TPSA) is 78.9 Å². The van der Waals surface area contributed by atoms with E-state index in [2.05, 4.69) is 5.32 Å². The number of nitrogens with one attached hydrogen (secondary N) is 1. The minimum Gasteiger partial charge on any atom is -0.444 e. The molecule has 1 heterocycles. The second kappa shape index (κ2) is 7.86. The molecule has 0 fully saturated rings.